The van der Waals surface area contributed by atoms with E-state index in [1.165, 1.54) is 4.68 Å². The molecule has 0 unspecified atom stereocenters. The maximum absolute atomic E-state index is 12.3. The molecule has 0 aliphatic heterocycles. The molecule has 7 heteroatoms. The average Bonchev–Trinajstić information content (AvgIpc) is 2.86. The van der Waals surface area contributed by atoms with Crippen LogP contribution < -0.4 is 10.9 Å². The molecule has 7 nitrogen and oxygen atoms in total. The summed E-state index contributed by atoms with van der Waals surface area (Å²) in [6, 6.07) is 0. The van der Waals surface area contributed by atoms with Gasteiger partial charge in [-0.2, -0.15) is 5.10 Å². The van der Waals surface area contributed by atoms with Gasteiger partial charge in [0.1, 0.15) is 5.76 Å². The molecule has 0 aliphatic carbocycles. The van der Waals surface area contributed by atoms with Crippen LogP contribution in [-0.4, -0.2) is 27.4 Å². The quantitative estimate of drug-likeness (QED) is 0.842. The Balaban J connectivity index is 1.94. The Kier molecular flexibility index (Phi) is 5.52. The summed E-state index contributed by atoms with van der Waals surface area (Å²) in [5, 5.41) is 11.7. The number of carbonyl (C=O) groups excluding carboxylic acids is 1. The van der Waals surface area contributed by atoms with E-state index in [0.29, 0.717) is 54.2 Å². The monoisotopic (exact) mass is 320 g/mol. The zero-order chi connectivity index (χ0) is 17.0. The topological polar surface area (TPSA) is 90.0 Å². The SMILES string of the molecule is Cc1nn(CCCC(=O)NCCC(C)C)c(=O)c2noc(C)c12. The van der Waals surface area contributed by atoms with Gasteiger partial charge in [0.2, 0.25) is 5.91 Å². The fraction of sp³-hybridized carbons (Fsp3) is 0.625. The first kappa shape index (κ1) is 17.2. The standard InChI is InChI=1S/C16H24N4O3/c1-10(2)7-8-17-13(21)6-5-9-20-16(22)15-14(11(3)18-20)12(4)23-19-15/h10H,5-9H2,1-4H3,(H,17,21). The van der Waals surface area contributed by atoms with Crippen LogP contribution in [0.3, 0.4) is 0 Å². The van der Waals surface area contributed by atoms with Gasteiger partial charge in [-0.1, -0.05) is 19.0 Å². The molecule has 2 aromatic rings. The number of carbonyl (C=O) groups is 1. The van der Waals surface area contributed by atoms with Gasteiger partial charge in [0.25, 0.3) is 5.56 Å². The van der Waals surface area contributed by atoms with Crippen molar-refractivity contribution >= 4 is 16.8 Å². The molecule has 23 heavy (non-hydrogen) atoms. The fourth-order valence-electron chi connectivity index (χ4n) is 2.47. The van der Waals surface area contributed by atoms with Crippen molar-refractivity contribution in [2.45, 2.75) is 53.5 Å². The highest BCUT2D eigenvalue weighted by Gasteiger charge is 2.15. The minimum atomic E-state index is -0.275. The van der Waals surface area contributed by atoms with Crippen molar-refractivity contribution in [3.8, 4) is 0 Å². The number of hydrogen-bond donors (Lipinski definition) is 1. The molecule has 0 atom stereocenters. The molecular weight excluding hydrogens is 296 g/mol. The molecule has 0 aliphatic rings. The van der Waals surface area contributed by atoms with E-state index in [1.807, 2.05) is 6.92 Å². The van der Waals surface area contributed by atoms with Crippen LogP contribution in [0.2, 0.25) is 0 Å². The lowest BCUT2D eigenvalue weighted by Crippen LogP contribution is -2.27. The molecule has 1 N–H and O–H groups in total. The van der Waals surface area contributed by atoms with E-state index in [2.05, 4.69) is 29.4 Å². The van der Waals surface area contributed by atoms with Crippen molar-refractivity contribution in [2.24, 2.45) is 5.92 Å². The Morgan fingerprint density at radius 3 is 2.78 bits per heavy atom. The third-order valence-electron chi connectivity index (χ3n) is 3.75. The first-order valence-corrected chi connectivity index (χ1v) is 8.00. The first-order valence-electron chi connectivity index (χ1n) is 8.00. The van der Waals surface area contributed by atoms with Crippen LogP contribution in [0.15, 0.2) is 9.32 Å². The Bertz CT molecular complexity index is 746. The third-order valence-corrected chi connectivity index (χ3v) is 3.75. The van der Waals surface area contributed by atoms with Crippen LogP contribution in [0, 0.1) is 19.8 Å². The minimum absolute atomic E-state index is 0.00813. The molecule has 0 radical (unpaired) electrons. The summed E-state index contributed by atoms with van der Waals surface area (Å²) in [5.41, 5.74) is 0.735. The molecular formula is C16H24N4O3. The van der Waals surface area contributed by atoms with Crippen molar-refractivity contribution in [1.82, 2.24) is 20.3 Å². The van der Waals surface area contributed by atoms with Crippen LogP contribution in [0.25, 0.3) is 10.9 Å². The van der Waals surface area contributed by atoms with E-state index >= 15 is 0 Å². The number of hydrogen-bond acceptors (Lipinski definition) is 5. The predicted octanol–water partition coefficient (Wildman–Crippen LogP) is 1.94. The van der Waals surface area contributed by atoms with Gasteiger partial charge >= 0.3 is 0 Å². The van der Waals surface area contributed by atoms with Gasteiger partial charge in [0, 0.05) is 19.5 Å². The zero-order valence-electron chi connectivity index (χ0n) is 14.2. The number of aromatic nitrogens is 3. The number of rotatable bonds is 7. The van der Waals surface area contributed by atoms with E-state index in [0.717, 1.165) is 6.42 Å². The van der Waals surface area contributed by atoms with Gasteiger partial charge in [-0.05, 0) is 32.6 Å². The number of fused-ring (bicyclic) bond motifs is 1. The molecule has 0 spiro atoms. The lowest BCUT2D eigenvalue weighted by atomic mass is 10.1. The van der Waals surface area contributed by atoms with E-state index < -0.39 is 0 Å². The first-order chi connectivity index (χ1) is 10.9. The maximum atomic E-state index is 12.3. The lowest BCUT2D eigenvalue weighted by molar-refractivity contribution is -0.121. The van der Waals surface area contributed by atoms with Crippen LogP contribution in [0.4, 0.5) is 0 Å². The van der Waals surface area contributed by atoms with Crippen molar-refractivity contribution in [1.29, 1.82) is 0 Å². The Labute approximate surface area is 135 Å². The molecule has 2 aromatic heterocycles. The number of nitrogens with zero attached hydrogens (tertiary/aromatic N) is 3. The highest BCUT2D eigenvalue weighted by atomic mass is 16.5. The van der Waals surface area contributed by atoms with Crippen molar-refractivity contribution in [3.63, 3.8) is 0 Å². The maximum Gasteiger partial charge on any atom is 0.296 e. The third kappa shape index (κ3) is 4.18. The van der Waals surface area contributed by atoms with Gasteiger partial charge in [0.05, 0.1) is 11.1 Å². The molecule has 0 aromatic carbocycles. The summed E-state index contributed by atoms with van der Waals surface area (Å²) in [7, 11) is 0. The summed E-state index contributed by atoms with van der Waals surface area (Å²) < 4.78 is 6.43. The van der Waals surface area contributed by atoms with E-state index in [-0.39, 0.29) is 11.5 Å². The van der Waals surface area contributed by atoms with Crippen LogP contribution in [-0.2, 0) is 11.3 Å². The molecule has 2 heterocycles. The summed E-state index contributed by atoms with van der Waals surface area (Å²) in [6.45, 7) is 8.90. The van der Waals surface area contributed by atoms with Gasteiger partial charge in [-0.25, -0.2) is 4.68 Å². The second-order valence-corrected chi connectivity index (χ2v) is 6.21. The van der Waals surface area contributed by atoms with Crippen LogP contribution in [0.1, 0.15) is 44.6 Å². The van der Waals surface area contributed by atoms with Crippen molar-refractivity contribution in [2.75, 3.05) is 6.54 Å². The molecule has 0 saturated heterocycles. The number of amides is 1. The Morgan fingerprint density at radius 1 is 1.35 bits per heavy atom. The van der Waals surface area contributed by atoms with E-state index in [1.54, 1.807) is 6.92 Å². The molecule has 2 rings (SSSR count). The molecule has 0 fully saturated rings. The number of nitrogens with one attached hydrogen (secondary N) is 1. The van der Waals surface area contributed by atoms with Gasteiger partial charge < -0.3 is 9.84 Å². The zero-order valence-corrected chi connectivity index (χ0v) is 14.2. The largest absolute Gasteiger partial charge is 0.360 e. The Hall–Kier alpha value is -2.18. The summed E-state index contributed by atoms with van der Waals surface area (Å²) in [4.78, 5) is 24.0. The van der Waals surface area contributed by atoms with Crippen molar-refractivity contribution < 1.29 is 9.32 Å². The highest BCUT2D eigenvalue weighted by molar-refractivity contribution is 5.81. The fourth-order valence-corrected chi connectivity index (χ4v) is 2.47. The van der Waals surface area contributed by atoms with Crippen LogP contribution in [0.5, 0.6) is 0 Å². The van der Waals surface area contributed by atoms with E-state index in [9.17, 15) is 9.59 Å². The normalized spacial score (nSPS) is 11.3. The lowest BCUT2D eigenvalue weighted by Gasteiger charge is -2.08. The Morgan fingerprint density at radius 2 is 2.09 bits per heavy atom. The second kappa shape index (κ2) is 7.39. The molecule has 126 valence electrons. The molecule has 1 amide bonds. The summed E-state index contributed by atoms with van der Waals surface area (Å²) in [6.07, 6.45) is 1.90. The van der Waals surface area contributed by atoms with Crippen LogP contribution >= 0.6 is 0 Å². The van der Waals surface area contributed by atoms with Crippen molar-refractivity contribution in [3.05, 3.63) is 21.8 Å². The average molecular weight is 320 g/mol. The highest BCUT2D eigenvalue weighted by Crippen LogP contribution is 2.16. The van der Waals surface area contributed by atoms with Gasteiger partial charge in [-0.3, -0.25) is 9.59 Å². The minimum Gasteiger partial charge on any atom is -0.360 e. The van der Waals surface area contributed by atoms with Gasteiger partial charge in [-0.15, -0.1) is 0 Å². The smallest absolute Gasteiger partial charge is 0.296 e. The van der Waals surface area contributed by atoms with Gasteiger partial charge in [0.15, 0.2) is 5.52 Å². The molecule has 0 bridgehead atoms. The number of aryl methyl sites for hydroxylation is 3. The summed E-state index contributed by atoms with van der Waals surface area (Å²) in [5.74, 6) is 1.17. The van der Waals surface area contributed by atoms with E-state index in [4.69, 9.17) is 4.52 Å². The second-order valence-electron chi connectivity index (χ2n) is 6.21. The summed E-state index contributed by atoms with van der Waals surface area (Å²) >= 11 is 0. The predicted molar refractivity (Wildman–Crippen MR) is 87.2 cm³/mol. The molecule has 0 saturated carbocycles.